The molecule has 0 aromatic heterocycles. The number of carbonyl (C=O) groups excluding carboxylic acids is 1. The Morgan fingerprint density at radius 1 is 1.10 bits per heavy atom. The number of benzene rings is 2. The van der Waals surface area contributed by atoms with Gasteiger partial charge in [-0.1, -0.05) is 19.1 Å². The van der Waals surface area contributed by atoms with Crippen LogP contribution in [0.3, 0.4) is 0 Å². The van der Waals surface area contributed by atoms with E-state index >= 15 is 0 Å². The number of primary amides is 1. The van der Waals surface area contributed by atoms with E-state index in [0.29, 0.717) is 29.5 Å². The molecule has 0 aliphatic carbocycles. The van der Waals surface area contributed by atoms with Crippen molar-refractivity contribution in [1.29, 1.82) is 0 Å². The predicted molar refractivity (Wildman–Crippen MR) is 81.7 cm³/mol. The maximum Gasteiger partial charge on any atom is 0.252 e. The molecule has 110 valence electrons. The lowest BCUT2D eigenvalue weighted by molar-refractivity contribution is 0.0998. The second kappa shape index (κ2) is 6.65. The quantitative estimate of drug-likeness (QED) is 0.799. The van der Waals surface area contributed by atoms with Gasteiger partial charge in [0.1, 0.15) is 5.75 Å². The zero-order valence-corrected chi connectivity index (χ0v) is 11.8. The summed E-state index contributed by atoms with van der Waals surface area (Å²) in [6.07, 6.45) is 0.888. The van der Waals surface area contributed by atoms with E-state index in [1.54, 1.807) is 30.3 Å². The summed E-state index contributed by atoms with van der Waals surface area (Å²) >= 11 is 0. The molecule has 4 N–H and O–H groups in total. The van der Waals surface area contributed by atoms with E-state index in [4.69, 9.17) is 20.9 Å². The summed E-state index contributed by atoms with van der Waals surface area (Å²) in [6, 6.07) is 12.0. The van der Waals surface area contributed by atoms with Crippen LogP contribution in [0.1, 0.15) is 23.7 Å². The number of carbonyl (C=O) groups is 1. The van der Waals surface area contributed by atoms with Gasteiger partial charge in [0.25, 0.3) is 5.91 Å². The van der Waals surface area contributed by atoms with Crippen molar-refractivity contribution in [3.63, 3.8) is 0 Å². The highest BCUT2D eigenvalue weighted by atomic mass is 16.5. The Morgan fingerprint density at radius 3 is 2.48 bits per heavy atom. The van der Waals surface area contributed by atoms with Crippen molar-refractivity contribution < 1.29 is 14.3 Å². The van der Waals surface area contributed by atoms with Gasteiger partial charge in [-0.15, -0.1) is 0 Å². The lowest BCUT2D eigenvalue weighted by Crippen LogP contribution is -2.12. The number of anilines is 1. The van der Waals surface area contributed by atoms with Gasteiger partial charge in [-0.05, 0) is 30.7 Å². The fraction of sp³-hybridized carbons (Fsp3) is 0.188. The Hall–Kier alpha value is -2.69. The molecule has 0 saturated heterocycles. The van der Waals surface area contributed by atoms with Crippen LogP contribution in [0.15, 0.2) is 42.5 Å². The molecule has 2 aromatic rings. The van der Waals surface area contributed by atoms with Crippen molar-refractivity contribution in [3.05, 3.63) is 48.0 Å². The SMILES string of the molecule is CCCOc1ccccc1Oc1cc(N)ccc1C(N)=O. The first-order valence-corrected chi connectivity index (χ1v) is 6.71. The van der Waals surface area contributed by atoms with Crippen LogP contribution in [0.5, 0.6) is 17.2 Å². The molecular weight excluding hydrogens is 268 g/mol. The normalized spacial score (nSPS) is 10.1. The monoisotopic (exact) mass is 286 g/mol. The molecule has 0 unspecified atom stereocenters. The minimum absolute atomic E-state index is 0.273. The number of nitrogens with two attached hydrogens (primary N) is 2. The molecule has 21 heavy (non-hydrogen) atoms. The molecule has 2 rings (SSSR count). The van der Waals surface area contributed by atoms with Crippen LogP contribution in [-0.2, 0) is 0 Å². The summed E-state index contributed by atoms with van der Waals surface area (Å²) in [6.45, 7) is 2.60. The largest absolute Gasteiger partial charge is 0.490 e. The van der Waals surface area contributed by atoms with Crippen molar-refractivity contribution in [2.75, 3.05) is 12.3 Å². The summed E-state index contributed by atoms with van der Waals surface area (Å²) in [4.78, 5) is 11.5. The molecule has 0 heterocycles. The third kappa shape index (κ3) is 3.66. The lowest BCUT2D eigenvalue weighted by Gasteiger charge is -2.14. The number of rotatable bonds is 6. The van der Waals surface area contributed by atoms with E-state index in [2.05, 4.69) is 0 Å². The number of amides is 1. The van der Waals surface area contributed by atoms with Gasteiger partial charge < -0.3 is 20.9 Å². The highest BCUT2D eigenvalue weighted by Crippen LogP contribution is 2.33. The van der Waals surface area contributed by atoms with Crippen LogP contribution in [0.2, 0.25) is 0 Å². The molecule has 5 nitrogen and oxygen atoms in total. The highest BCUT2D eigenvalue weighted by Gasteiger charge is 2.13. The molecule has 0 fully saturated rings. The minimum Gasteiger partial charge on any atom is -0.490 e. The van der Waals surface area contributed by atoms with Crippen LogP contribution in [0.4, 0.5) is 5.69 Å². The number of nitrogen functional groups attached to an aromatic ring is 1. The van der Waals surface area contributed by atoms with Crippen LogP contribution in [0.25, 0.3) is 0 Å². The zero-order chi connectivity index (χ0) is 15.2. The molecule has 0 saturated carbocycles. The van der Waals surface area contributed by atoms with Gasteiger partial charge in [-0.2, -0.15) is 0 Å². The van der Waals surface area contributed by atoms with Crippen molar-refractivity contribution in [2.45, 2.75) is 13.3 Å². The molecule has 1 amide bonds. The average molecular weight is 286 g/mol. The van der Waals surface area contributed by atoms with Crippen LogP contribution >= 0.6 is 0 Å². The Morgan fingerprint density at radius 2 is 1.81 bits per heavy atom. The molecule has 5 heteroatoms. The molecular formula is C16H18N2O3. The van der Waals surface area contributed by atoms with Crippen molar-refractivity contribution in [3.8, 4) is 17.2 Å². The van der Waals surface area contributed by atoms with Gasteiger partial charge in [0.2, 0.25) is 0 Å². The zero-order valence-electron chi connectivity index (χ0n) is 11.8. The standard InChI is InChI=1S/C16H18N2O3/c1-2-9-20-13-5-3-4-6-14(13)21-15-10-11(17)7-8-12(15)16(18)19/h3-8,10H,2,9,17H2,1H3,(H2,18,19). The smallest absolute Gasteiger partial charge is 0.252 e. The summed E-state index contributed by atoms with van der Waals surface area (Å²) < 4.78 is 11.4. The number of ether oxygens (including phenoxy) is 2. The third-order valence-electron chi connectivity index (χ3n) is 2.80. The summed E-state index contributed by atoms with van der Waals surface area (Å²) in [5.41, 5.74) is 11.8. The van der Waals surface area contributed by atoms with Crippen LogP contribution in [-0.4, -0.2) is 12.5 Å². The minimum atomic E-state index is -0.572. The molecule has 2 aromatic carbocycles. The maximum absolute atomic E-state index is 11.5. The predicted octanol–water partition coefficient (Wildman–Crippen LogP) is 2.95. The van der Waals surface area contributed by atoms with Gasteiger partial charge in [-0.3, -0.25) is 4.79 Å². The van der Waals surface area contributed by atoms with Crippen molar-refractivity contribution >= 4 is 11.6 Å². The van der Waals surface area contributed by atoms with Crippen LogP contribution < -0.4 is 20.9 Å². The number of hydrogen-bond donors (Lipinski definition) is 2. The summed E-state index contributed by atoms with van der Waals surface area (Å²) in [7, 11) is 0. The fourth-order valence-corrected chi connectivity index (χ4v) is 1.81. The van der Waals surface area contributed by atoms with E-state index in [9.17, 15) is 4.79 Å². The lowest BCUT2D eigenvalue weighted by atomic mass is 10.1. The van der Waals surface area contributed by atoms with E-state index in [1.807, 2.05) is 19.1 Å². The molecule has 0 bridgehead atoms. The van der Waals surface area contributed by atoms with Crippen LogP contribution in [0, 0.1) is 0 Å². The third-order valence-corrected chi connectivity index (χ3v) is 2.80. The molecule has 0 aliphatic heterocycles. The van der Waals surface area contributed by atoms with E-state index in [0.717, 1.165) is 6.42 Å². The molecule has 0 spiro atoms. The van der Waals surface area contributed by atoms with Crippen molar-refractivity contribution in [1.82, 2.24) is 0 Å². The van der Waals surface area contributed by atoms with Gasteiger partial charge in [-0.25, -0.2) is 0 Å². The second-order valence-corrected chi connectivity index (χ2v) is 4.52. The number of hydrogen-bond acceptors (Lipinski definition) is 4. The van der Waals surface area contributed by atoms with Gasteiger partial charge >= 0.3 is 0 Å². The summed E-state index contributed by atoms with van der Waals surface area (Å²) in [5.74, 6) is 0.864. The molecule has 0 aliphatic rings. The first-order valence-electron chi connectivity index (χ1n) is 6.71. The second-order valence-electron chi connectivity index (χ2n) is 4.52. The van der Waals surface area contributed by atoms with Gasteiger partial charge in [0.05, 0.1) is 12.2 Å². The van der Waals surface area contributed by atoms with Crippen molar-refractivity contribution in [2.24, 2.45) is 5.73 Å². The topological polar surface area (TPSA) is 87.6 Å². The first-order chi connectivity index (χ1) is 10.1. The van der Waals surface area contributed by atoms with Gasteiger partial charge in [0, 0.05) is 11.8 Å². The average Bonchev–Trinajstić information content (AvgIpc) is 2.46. The highest BCUT2D eigenvalue weighted by molar-refractivity contribution is 5.96. The molecule has 0 radical (unpaired) electrons. The number of para-hydroxylation sites is 2. The Balaban J connectivity index is 2.34. The van der Waals surface area contributed by atoms with Gasteiger partial charge in [0.15, 0.2) is 11.5 Å². The fourth-order valence-electron chi connectivity index (χ4n) is 1.81. The Kier molecular flexibility index (Phi) is 4.66. The summed E-state index contributed by atoms with van der Waals surface area (Å²) in [5, 5.41) is 0. The first kappa shape index (κ1) is 14.7. The van der Waals surface area contributed by atoms with E-state index in [1.165, 1.54) is 0 Å². The Bertz CT molecular complexity index is 641. The van der Waals surface area contributed by atoms with E-state index in [-0.39, 0.29) is 5.56 Å². The molecule has 0 atom stereocenters. The van der Waals surface area contributed by atoms with E-state index < -0.39 is 5.91 Å². The maximum atomic E-state index is 11.5. The Labute approximate surface area is 123 Å².